The number of fused-ring (bicyclic) bond motifs is 1. The molecule has 15 heavy (non-hydrogen) atoms. The van der Waals surface area contributed by atoms with Crippen LogP contribution in [0.2, 0.25) is 0 Å². The highest BCUT2D eigenvalue weighted by Crippen LogP contribution is 2.26. The fourth-order valence-corrected chi connectivity index (χ4v) is 1.53. The van der Waals surface area contributed by atoms with Crippen molar-refractivity contribution in [3.8, 4) is 0 Å². The Hall–Kier alpha value is -1.32. The van der Waals surface area contributed by atoms with E-state index in [4.69, 9.17) is 9.47 Å². The van der Waals surface area contributed by atoms with Gasteiger partial charge in [0, 0.05) is 19.9 Å². The van der Waals surface area contributed by atoms with Gasteiger partial charge in [-0.3, -0.25) is 0 Å². The van der Waals surface area contributed by atoms with Crippen molar-refractivity contribution in [1.29, 1.82) is 0 Å². The Labute approximate surface area is 89.7 Å². The summed E-state index contributed by atoms with van der Waals surface area (Å²) in [6, 6.07) is 6.29. The van der Waals surface area contributed by atoms with E-state index in [2.05, 4.69) is 35.7 Å². The van der Waals surface area contributed by atoms with E-state index in [0.29, 0.717) is 6.54 Å². The second kappa shape index (κ2) is 4.47. The first kappa shape index (κ1) is 10.2. The Morgan fingerprint density at radius 2 is 1.87 bits per heavy atom. The molecule has 80 valence electrons. The molecule has 2 rings (SSSR count). The normalized spacial score (nSPS) is 12.5. The average molecular weight is 205 g/mol. The lowest BCUT2D eigenvalue weighted by Crippen LogP contribution is -2.23. The minimum Gasteiger partial charge on any atom is -0.380 e. The molecular weight excluding hydrogens is 190 g/mol. The molecule has 0 fully saturated rings. The first-order valence-corrected chi connectivity index (χ1v) is 4.95. The van der Waals surface area contributed by atoms with Gasteiger partial charge in [-0.15, -0.1) is 0 Å². The fraction of sp³-hybridized carbons (Fsp3) is 0.333. The largest absolute Gasteiger partial charge is 0.380 e. The zero-order valence-corrected chi connectivity index (χ0v) is 8.99. The molecule has 3 heteroatoms. The van der Waals surface area contributed by atoms with Gasteiger partial charge >= 0.3 is 0 Å². The summed E-state index contributed by atoms with van der Waals surface area (Å²) in [5.74, 6) is 0. The zero-order valence-electron chi connectivity index (χ0n) is 8.99. The Morgan fingerprint density at radius 3 is 2.40 bits per heavy atom. The van der Waals surface area contributed by atoms with Crippen LogP contribution in [0.3, 0.4) is 0 Å². The third-order valence-corrected chi connectivity index (χ3v) is 2.53. The number of nitrogens with one attached hydrogen (secondary N) is 1. The number of hydrogen-bond donors (Lipinski definition) is 1. The summed E-state index contributed by atoms with van der Waals surface area (Å²) in [5.41, 5.74) is 3.68. The molecule has 0 heterocycles. The van der Waals surface area contributed by atoms with Crippen LogP contribution in [0.5, 0.6) is 0 Å². The molecule has 1 aliphatic carbocycles. The van der Waals surface area contributed by atoms with Gasteiger partial charge in [0.2, 0.25) is 0 Å². The SMILES string of the molecule is COC(CNc1ccc2c(c1)C=C2)OC. The van der Waals surface area contributed by atoms with E-state index in [9.17, 15) is 0 Å². The minimum absolute atomic E-state index is 0.202. The van der Waals surface area contributed by atoms with Crippen LogP contribution >= 0.6 is 0 Å². The first-order chi connectivity index (χ1) is 7.33. The molecule has 0 aliphatic heterocycles. The monoisotopic (exact) mass is 205 g/mol. The molecule has 0 amide bonds. The molecule has 1 aromatic rings. The molecule has 0 spiro atoms. The summed E-state index contributed by atoms with van der Waals surface area (Å²) in [4.78, 5) is 0. The van der Waals surface area contributed by atoms with Gasteiger partial charge in [0.15, 0.2) is 6.29 Å². The summed E-state index contributed by atoms with van der Waals surface area (Å²) in [7, 11) is 3.27. The Morgan fingerprint density at radius 1 is 1.13 bits per heavy atom. The predicted molar refractivity (Wildman–Crippen MR) is 61.7 cm³/mol. The highest BCUT2D eigenvalue weighted by molar-refractivity contribution is 5.87. The number of benzene rings is 1. The molecule has 0 radical (unpaired) electrons. The van der Waals surface area contributed by atoms with Crippen LogP contribution in [-0.2, 0) is 9.47 Å². The summed E-state index contributed by atoms with van der Waals surface area (Å²) < 4.78 is 10.2. The lowest BCUT2D eigenvalue weighted by atomic mass is 9.97. The highest BCUT2D eigenvalue weighted by Gasteiger charge is 2.07. The third kappa shape index (κ3) is 2.19. The number of rotatable bonds is 5. The number of anilines is 1. The van der Waals surface area contributed by atoms with Gasteiger partial charge in [0.25, 0.3) is 0 Å². The molecular formula is C12H15NO2. The van der Waals surface area contributed by atoms with Crippen molar-refractivity contribution in [2.24, 2.45) is 0 Å². The first-order valence-electron chi connectivity index (χ1n) is 4.95. The minimum atomic E-state index is -0.202. The average Bonchev–Trinajstić information content (AvgIpc) is 2.23. The van der Waals surface area contributed by atoms with E-state index in [-0.39, 0.29) is 6.29 Å². The summed E-state index contributed by atoms with van der Waals surface area (Å²) in [5, 5.41) is 3.26. The maximum Gasteiger partial charge on any atom is 0.173 e. The molecule has 1 aliphatic rings. The summed E-state index contributed by atoms with van der Waals surface area (Å²) in [6.45, 7) is 0.648. The van der Waals surface area contributed by atoms with Crippen LogP contribution in [0.1, 0.15) is 11.1 Å². The molecule has 0 aromatic heterocycles. The van der Waals surface area contributed by atoms with E-state index in [1.165, 1.54) is 11.1 Å². The van der Waals surface area contributed by atoms with Crippen molar-refractivity contribution in [2.75, 3.05) is 26.1 Å². The topological polar surface area (TPSA) is 30.5 Å². The second-order valence-corrected chi connectivity index (χ2v) is 3.46. The molecule has 1 N–H and O–H groups in total. The highest BCUT2D eigenvalue weighted by atomic mass is 16.7. The Kier molecular flexibility index (Phi) is 3.04. The summed E-state index contributed by atoms with van der Waals surface area (Å²) in [6.07, 6.45) is 4.00. The number of ether oxygens (including phenoxy) is 2. The smallest absolute Gasteiger partial charge is 0.173 e. The van der Waals surface area contributed by atoms with Gasteiger partial charge < -0.3 is 14.8 Å². The lowest BCUT2D eigenvalue weighted by Gasteiger charge is -2.17. The van der Waals surface area contributed by atoms with Crippen LogP contribution in [-0.4, -0.2) is 27.1 Å². The molecule has 0 saturated carbocycles. The van der Waals surface area contributed by atoms with E-state index < -0.39 is 0 Å². The van der Waals surface area contributed by atoms with Gasteiger partial charge in [-0.25, -0.2) is 0 Å². The van der Waals surface area contributed by atoms with E-state index in [1.54, 1.807) is 14.2 Å². The van der Waals surface area contributed by atoms with Gasteiger partial charge in [-0.05, 0) is 23.3 Å². The standard InChI is InChI=1S/C12H15NO2/c1-14-12(15-2)8-13-11-6-5-9-3-4-10(9)7-11/h3-7,12-13H,8H2,1-2H3. The van der Waals surface area contributed by atoms with Gasteiger partial charge in [0.1, 0.15) is 0 Å². The van der Waals surface area contributed by atoms with Gasteiger partial charge in [-0.2, -0.15) is 0 Å². The number of hydrogen-bond acceptors (Lipinski definition) is 3. The van der Waals surface area contributed by atoms with E-state index in [0.717, 1.165) is 5.69 Å². The van der Waals surface area contributed by atoms with Crippen LogP contribution in [0.4, 0.5) is 5.69 Å². The maximum absolute atomic E-state index is 5.09. The van der Waals surface area contributed by atoms with Gasteiger partial charge in [-0.1, -0.05) is 18.2 Å². The van der Waals surface area contributed by atoms with Crippen LogP contribution in [0.15, 0.2) is 18.2 Å². The molecule has 0 unspecified atom stereocenters. The van der Waals surface area contributed by atoms with Crippen molar-refractivity contribution in [1.82, 2.24) is 0 Å². The lowest BCUT2D eigenvalue weighted by molar-refractivity contribution is -0.0914. The predicted octanol–water partition coefficient (Wildman–Crippen LogP) is 2.20. The quantitative estimate of drug-likeness (QED) is 0.759. The van der Waals surface area contributed by atoms with Crippen molar-refractivity contribution in [2.45, 2.75) is 6.29 Å². The van der Waals surface area contributed by atoms with Crippen molar-refractivity contribution in [3.05, 3.63) is 29.3 Å². The molecule has 1 aromatic carbocycles. The fourth-order valence-electron chi connectivity index (χ4n) is 1.53. The van der Waals surface area contributed by atoms with Crippen LogP contribution in [0.25, 0.3) is 12.2 Å². The van der Waals surface area contributed by atoms with Crippen molar-refractivity contribution in [3.63, 3.8) is 0 Å². The Balaban J connectivity index is 1.92. The molecule has 0 bridgehead atoms. The van der Waals surface area contributed by atoms with Crippen LogP contribution < -0.4 is 5.32 Å². The number of methoxy groups -OCH3 is 2. The van der Waals surface area contributed by atoms with Gasteiger partial charge in [0.05, 0.1) is 6.54 Å². The van der Waals surface area contributed by atoms with E-state index >= 15 is 0 Å². The zero-order chi connectivity index (χ0) is 10.7. The third-order valence-electron chi connectivity index (χ3n) is 2.53. The molecule has 0 atom stereocenters. The van der Waals surface area contributed by atoms with Crippen molar-refractivity contribution < 1.29 is 9.47 Å². The second-order valence-electron chi connectivity index (χ2n) is 3.46. The Bertz CT molecular complexity index is 370. The maximum atomic E-state index is 5.09. The van der Waals surface area contributed by atoms with E-state index in [1.807, 2.05) is 0 Å². The molecule has 3 nitrogen and oxygen atoms in total. The van der Waals surface area contributed by atoms with Crippen LogP contribution in [0, 0.1) is 0 Å². The summed E-state index contributed by atoms with van der Waals surface area (Å²) >= 11 is 0. The van der Waals surface area contributed by atoms with Crippen molar-refractivity contribution >= 4 is 17.8 Å². The molecule has 0 saturated heterocycles.